The molecule has 70 valence electrons. The highest BCUT2D eigenvalue weighted by Gasteiger charge is 2.13. The zero-order chi connectivity index (χ0) is 9.56. The van der Waals surface area contributed by atoms with E-state index in [-0.39, 0.29) is 6.54 Å². The van der Waals surface area contributed by atoms with Gasteiger partial charge in [0.1, 0.15) is 6.54 Å². The number of hydrogen-bond acceptors (Lipinski definition) is 3. The first-order valence-electron chi connectivity index (χ1n) is 3.71. The van der Waals surface area contributed by atoms with Crippen molar-refractivity contribution in [2.24, 2.45) is 0 Å². The number of carbonyl (C=O) groups is 2. The van der Waals surface area contributed by atoms with Crippen molar-refractivity contribution in [2.45, 2.75) is 13.8 Å². The van der Waals surface area contributed by atoms with Crippen LogP contribution in [0.2, 0.25) is 0 Å². The number of ether oxygens (including phenoxy) is 1. The Hall–Kier alpha value is -0.770. The molecule has 5 heteroatoms. The van der Waals surface area contributed by atoms with Crippen LogP contribution >= 0.6 is 11.6 Å². The highest BCUT2D eigenvalue weighted by Crippen LogP contribution is 1.96. The zero-order valence-electron chi connectivity index (χ0n) is 7.17. The molecular formula is C7H12ClNO3. The lowest BCUT2D eigenvalue weighted by molar-refractivity contribution is -0.143. The second kappa shape index (κ2) is 5.83. The molecule has 0 aromatic heterocycles. The summed E-state index contributed by atoms with van der Waals surface area (Å²) >= 11 is 5.17. The predicted molar refractivity (Wildman–Crippen MR) is 45.1 cm³/mol. The van der Waals surface area contributed by atoms with Gasteiger partial charge >= 0.3 is 11.3 Å². The summed E-state index contributed by atoms with van der Waals surface area (Å²) in [6, 6.07) is 0. The van der Waals surface area contributed by atoms with Gasteiger partial charge in [0.2, 0.25) is 0 Å². The van der Waals surface area contributed by atoms with Crippen LogP contribution in [-0.4, -0.2) is 35.9 Å². The lowest BCUT2D eigenvalue weighted by atomic mass is 10.5. The maximum Gasteiger partial charge on any atom is 0.325 e. The number of carbonyl (C=O) groups excluding carboxylic acids is 2. The smallest absolute Gasteiger partial charge is 0.325 e. The number of halogens is 1. The van der Waals surface area contributed by atoms with E-state index in [1.165, 1.54) is 4.90 Å². The molecule has 0 rings (SSSR count). The third-order valence-corrected chi connectivity index (χ3v) is 1.49. The van der Waals surface area contributed by atoms with Crippen LogP contribution in [0.15, 0.2) is 0 Å². The molecule has 0 saturated carbocycles. The molecule has 0 aromatic rings. The van der Waals surface area contributed by atoms with E-state index >= 15 is 0 Å². The minimum Gasteiger partial charge on any atom is -0.465 e. The first-order valence-corrected chi connectivity index (χ1v) is 4.09. The molecule has 0 aliphatic rings. The summed E-state index contributed by atoms with van der Waals surface area (Å²) in [6.45, 7) is 4.08. The molecule has 4 nitrogen and oxygen atoms in total. The summed E-state index contributed by atoms with van der Waals surface area (Å²) in [4.78, 5) is 22.6. The third-order valence-electron chi connectivity index (χ3n) is 1.26. The van der Waals surface area contributed by atoms with E-state index in [2.05, 4.69) is 4.74 Å². The Balaban J connectivity index is 3.85. The van der Waals surface area contributed by atoms with Crippen molar-refractivity contribution in [3.63, 3.8) is 0 Å². The van der Waals surface area contributed by atoms with Crippen LogP contribution in [0.5, 0.6) is 0 Å². The minimum atomic E-state index is -0.634. The lowest BCUT2D eigenvalue weighted by Gasteiger charge is -2.15. The maximum absolute atomic E-state index is 10.8. The molecule has 0 heterocycles. The molecule has 0 atom stereocenters. The van der Waals surface area contributed by atoms with Gasteiger partial charge in [-0.2, -0.15) is 0 Å². The lowest BCUT2D eigenvalue weighted by Crippen LogP contribution is -2.32. The summed E-state index contributed by atoms with van der Waals surface area (Å²) in [5.74, 6) is -0.437. The molecule has 0 fully saturated rings. The van der Waals surface area contributed by atoms with Gasteiger partial charge in [-0.3, -0.25) is 9.59 Å². The van der Waals surface area contributed by atoms with Gasteiger partial charge in [0.05, 0.1) is 6.61 Å². The van der Waals surface area contributed by atoms with Crippen molar-refractivity contribution in [1.29, 1.82) is 0 Å². The standard InChI is InChI=1S/C7H12ClNO3/c1-3-9(7(8)11)5-6(10)12-4-2/h3-5H2,1-2H3. The minimum absolute atomic E-state index is 0.0767. The Labute approximate surface area is 76.4 Å². The van der Waals surface area contributed by atoms with Crippen molar-refractivity contribution in [3.05, 3.63) is 0 Å². The van der Waals surface area contributed by atoms with Crippen molar-refractivity contribution < 1.29 is 14.3 Å². The summed E-state index contributed by atoms with van der Waals surface area (Å²) in [7, 11) is 0. The molecule has 0 saturated heterocycles. The first kappa shape index (κ1) is 11.2. The van der Waals surface area contributed by atoms with Crippen LogP contribution in [0.3, 0.4) is 0 Å². The highest BCUT2D eigenvalue weighted by atomic mass is 35.5. The van der Waals surface area contributed by atoms with Crippen LogP contribution in [0.4, 0.5) is 4.79 Å². The largest absolute Gasteiger partial charge is 0.465 e. The van der Waals surface area contributed by atoms with E-state index in [0.717, 1.165) is 0 Å². The maximum atomic E-state index is 10.8. The van der Waals surface area contributed by atoms with Gasteiger partial charge in [-0.25, -0.2) is 0 Å². The van der Waals surface area contributed by atoms with Gasteiger partial charge in [-0.05, 0) is 25.4 Å². The van der Waals surface area contributed by atoms with E-state index in [4.69, 9.17) is 11.6 Å². The normalized spacial score (nSPS) is 9.25. The van der Waals surface area contributed by atoms with Gasteiger partial charge in [-0.15, -0.1) is 0 Å². The van der Waals surface area contributed by atoms with Gasteiger partial charge < -0.3 is 9.64 Å². The Bertz CT molecular complexity index is 172. The fourth-order valence-corrected chi connectivity index (χ4v) is 0.840. The Morgan fingerprint density at radius 3 is 2.33 bits per heavy atom. The molecule has 0 N–H and O–H groups in total. The average Bonchev–Trinajstić information content (AvgIpc) is 2.00. The Kier molecular flexibility index (Phi) is 5.45. The SMILES string of the molecule is CCOC(=O)CN(CC)C(=O)Cl. The van der Waals surface area contributed by atoms with Gasteiger partial charge in [0, 0.05) is 6.54 Å². The fourth-order valence-electron chi connectivity index (χ4n) is 0.661. The summed E-state index contributed by atoms with van der Waals surface area (Å²) < 4.78 is 4.63. The van der Waals surface area contributed by atoms with Crippen LogP contribution in [-0.2, 0) is 9.53 Å². The third kappa shape index (κ3) is 4.18. The van der Waals surface area contributed by atoms with Crippen LogP contribution in [0.1, 0.15) is 13.8 Å². The monoisotopic (exact) mass is 193 g/mol. The van der Waals surface area contributed by atoms with E-state index in [1.807, 2.05) is 0 Å². The number of nitrogens with zero attached hydrogens (tertiary/aromatic N) is 1. The van der Waals surface area contributed by atoms with Crippen molar-refractivity contribution in [1.82, 2.24) is 4.90 Å². The number of hydrogen-bond donors (Lipinski definition) is 0. The first-order chi connectivity index (χ1) is 5.61. The summed E-state index contributed by atoms with van der Waals surface area (Å²) in [5, 5.41) is -0.634. The average molecular weight is 194 g/mol. The van der Waals surface area contributed by atoms with Gasteiger partial charge in [0.25, 0.3) is 0 Å². The van der Waals surface area contributed by atoms with E-state index in [1.54, 1.807) is 13.8 Å². The number of rotatable bonds is 4. The Morgan fingerprint density at radius 2 is 2.00 bits per heavy atom. The highest BCUT2D eigenvalue weighted by molar-refractivity contribution is 6.62. The van der Waals surface area contributed by atoms with E-state index < -0.39 is 11.3 Å². The second-order valence-corrected chi connectivity index (χ2v) is 2.40. The molecule has 0 radical (unpaired) electrons. The second-order valence-electron chi connectivity index (χ2n) is 2.07. The van der Waals surface area contributed by atoms with Crippen LogP contribution in [0, 0.1) is 0 Å². The molecule has 0 bridgehead atoms. The molecule has 0 aliphatic carbocycles. The molecule has 0 aromatic carbocycles. The van der Waals surface area contributed by atoms with Crippen molar-refractivity contribution in [3.8, 4) is 0 Å². The fraction of sp³-hybridized carbons (Fsp3) is 0.714. The molecule has 0 unspecified atom stereocenters. The van der Waals surface area contributed by atoms with Crippen molar-refractivity contribution >= 4 is 22.9 Å². The van der Waals surface area contributed by atoms with Gasteiger partial charge in [-0.1, -0.05) is 0 Å². The Morgan fingerprint density at radius 1 is 1.42 bits per heavy atom. The quantitative estimate of drug-likeness (QED) is 0.383. The molecule has 12 heavy (non-hydrogen) atoms. The van der Waals surface area contributed by atoms with Gasteiger partial charge in [0.15, 0.2) is 0 Å². The number of likely N-dealkylation sites (N-methyl/N-ethyl adjacent to an activating group) is 1. The summed E-state index contributed by atoms with van der Waals surface area (Å²) in [5.41, 5.74) is 0. The van der Waals surface area contributed by atoms with E-state index in [9.17, 15) is 9.59 Å². The topological polar surface area (TPSA) is 46.6 Å². The predicted octanol–water partition coefficient (Wildman–Crippen LogP) is 1.23. The number of amides is 1. The van der Waals surface area contributed by atoms with E-state index in [0.29, 0.717) is 13.2 Å². The number of esters is 1. The zero-order valence-corrected chi connectivity index (χ0v) is 7.93. The molecule has 1 amide bonds. The summed E-state index contributed by atoms with van der Waals surface area (Å²) in [6.07, 6.45) is 0. The van der Waals surface area contributed by atoms with Crippen molar-refractivity contribution in [2.75, 3.05) is 19.7 Å². The molecular weight excluding hydrogens is 182 g/mol. The van der Waals surface area contributed by atoms with Crippen LogP contribution in [0.25, 0.3) is 0 Å². The molecule has 0 spiro atoms. The molecule has 0 aliphatic heterocycles. The van der Waals surface area contributed by atoms with Crippen LogP contribution < -0.4 is 0 Å².